The van der Waals surface area contributed by atoms with Crippen molar-refractivity contribution in [2.24, 2.45) is 0 Å². The molecule has 1 aliphatic rings. The van der Waals surface area contributed by atoms with E-state index >= 15 is 0 Å². The van der Waals surface area contributed by atoms with E-state index in [4.69, 9.17) is 0 Å². The predicted octanol–water partition coefficient (Wildman–Crippen LogP) is 2.15. The van der Waals surface area contributed by atoms with Crippen LogP contribution >= 0.6 is 11.8 Å². The van der Waals surface area contributed by atoms with Gasteiger partial charge in [-0.1, -0.05) is 11.8 Å². The van der Waals surface area contributed by atoms with Crippen molar-refractivity contribution in [1.82, 2.24) is 15.0 Å². The predicted molar refractivity (Wildman–Crippen MR) is 90.3 cm³/mol. The Morgan fingerprint density at radius 3 is 2.46 bits per heavy atom. The van der Waals surface area contributed by atoms with Gasteiger partial charge in [0.2, 0.25) is 5.56 Å². The number of aromatic amines is 1. The van der Waals surface area contributed by atoms with E-state index in [1.165, 1.54) is 23.9 Å². The number of anilines is 2. The van der Waals surface area contributed by atoms with Crippen molar-refractivity contribution in [3.05, 3.63) is 40.4 Å². The first-order valence-electron chi connectivity index (χ1n) is 7.46. The minimum atomic E-state index is -2.61. The van der Waals surface area contributed by atoms with Crippen molar-refractivity contribution in [2.75, 3.05) is 42.2 Å². The number of hydrogen-bond acceptors (Lipinski definition) is 6. The zero-order valence-electron chi connectivity index (χ0n) is 13.1. The number of H-pyrrole nitrogens is 1. The number of rotatable bonds is 4. The van der Waals surface area contributed by atoms with Gasteiger partial charge in [-0.05, 0) is 12.3 Å². The molecule has 0 aromatic carbocycles. The second-order valence-electron chi connectivity index (χ2n) is 5.32. The first-order chi connectivity index (χ1) is 11.6. The molecular weight excluding hydrogens is 336 g/mol. The van der Waals surface area contributed by atoms with Crippen molar-refractivity contribution in [2.45, 2.75) is 11.6 Å². The standard InChI is InChI=1S/C15H17F2N5OS/c1-24-15-19-11(14(16)17)8-12(20-15)22-6-4-21(5-7-22)10-2-3-13(23)18-9-10/h2-3,8-9,14H,4-7H2,1H3,(H,18,23). The second kappa shape index (κ2) is 7.16. The lowest BCUT2D eigenvalue weighted by atomic mass is 10.2. The molecule has 6 nitrogen and oxygen atoms in total. The molecule has 1 N–H and O–H groups in total. The molecule has 3 rings (SSSR count). The molecule has 1 fully saturated rings. The molecule has 0 bridgehead atoms. The summed E-state index contributed by atoms with van der Waals surface area (Å²) in [5.41, 5.74) is 0.560. The van der Waals surface area contributed by atoms with Crippen LogP contribution in [0.3, 0.4) is 0 Å². The normalized spacial score (nSPS) is 15.2. The molecule has 1 saturated heterocycles. The Hall–Kier alpha value is -2.16. The lowest BCUT2D eigenvalue weighted by molar-refractivity contribution is 0.145. The average molecular weight is 353 g/mol. The van der Waals surface area contributed by atoms with Crippen molar-refractivity contribution in [3.63, 3.8) is 0 Å². The first-order valence-corrected chi connectivity index (χ1v) is 8.69. The van der Waals surface area contributed by atoms with Crippen LogP contribution < -0.4 is 15.4 Å². The van der Waals surface area contributed by atoms with Gasteiger partial charge in [0.1, 0.15) is 11.5 Å². The fourth-order valence-electron chi connectivity index (χ4n) is 2.59. The summed E-state index contributed by atoms with van der Waals surface area (Å²) in [4.78, 5) is 26.1. The summed E-state index contributed by atoms with van der Waals surface area (Å²) >= 11 is 1.25. The zero-order chi connectivity index (χ0) is 17.1. The minimum absolute atomic E-state index is 0.137. The average Bonchev–Trinajstić information content (AvgIpc) is 2.62. The van der Waals surface area contributed by atoms with Crippen LogP contribution in [0.25, 0.3) is 0 Å². The van der Waals surface area contributed by atoms with E-state index in [2.05, 4.69) is 19.9 Å². The van der Waals surface area contributed by atoms with E-state index in [0.29, 0.717) is 37.2 Å². The van der Waals surface area contributed by atoms with Crippen LogP contribution in [-0.4, -0.2) is 47.4 Å². The maximum absolute atomic E-state index is 13.0. The van der Waals surface area contributed by atoms with Crippen molar-refractivity contribution < 1.29 is 8.78 Å². The third-order valence-corrected chi connectivity index (χ3v) is 4.40. The number of hydrogen-bond donors (Lipinski definition) is 1. The summed E-state index contributed by atoms with van der Waals surface area (Å²) in [6.07, 6.45) is 0.839. The quantitative estimate of drug-likeness (QED) is 0.671. The molecular formula is C15H17F2N5OS. The van der Waals surface area contributed by atoms with Gasteiger partial charge >= 0.3 is 0 Å². The molecule has 9 heteroatoms. The van der Waals surface area contributed by atoms with Crippen molar-refractivity contribution in [3.8, 4) is 0 Å². The molecule has 24 heavy (non-hydrogen) atoms. The molecule has 128 valence electrons. The fraction of sp³-hybridized carbons (Fsp3) is 0.400. The largest absolute Gasteiger partial charge is 0.367 e. The highest BCUT2D eigenvalue weighted by Crippen LogP contribution is 2.25. The SMILES string of the molecule is CSc1nc(C(F)F)cc(N2CCN(c3ccc(=O)[nH]c3)CC2)n1. The lowest BCUT2D eigenvalue weighted by Gasteiger charge is -2.36. The van der Waals surface area contributed by atoms with Gasteiger partial charge in [-0.2, -0.15) is 0 Å². The number of halogens is 2. The van der Waals surface area contributed by atoms with E-state index in [0.717, 1.165) is 5.69 Å². The Morgan fingerprint density at radius 1 is 1.17 bits per heavy atom. The summed E-state index contributed by atoms with van der Waals surface area (Å²) < 4.78 is 26.0. The highest BCUT2D eigenvalue weighted by Gasteiger charge is 2.21. The maximum atomic E-state index is 13.0. The summed E-state index contributed by atoms with van der Waals surface area (Å²) in [5.74, 6) is 0.533. The third-order valence-electron chi connectivity index (χ3n) is 3.85. The molecule has 0 radical (unpaired) electrons. The van der Waals surface area contributed by atoms with Gasteiger partial charge in [0.15, 0.2) is 5.16 Å². The van der Waals surface area contributed by atoms with Gasteiger partial charge in [0, 0.05) is 44.5 Å². The Bertz CT molecular complexity index is 741. The maximum Gasteiger partial charge on any atom is 0.280 e. The van der Waals surface area contributed by atoms with Crippen LogP contribution in [0.5, 0.6) is 0 Å². The molecule has 2 aromatic rings. The molecule has 3 heterocycles. The molecule has 0 unspecified atom stereocenters. The Morgan fingerprint density at radius 2 is 1.88 bits per heavy atom. The molecule has 0 aliphatic carbocycles. The van der Waals surface area contributed by atoms with E-state index < -0.39 is 6.43 Å². The fourth-order valence-corrected chi connectivity index (χ4v) is 2.97. The number of piperazine rings is 1. The molecule has 0 amide bonds. The van der Waals surface area contributed by atoms with Crippen LogP contribution in [-0.2, 0) is 0 Å². The van der Waals surface area contributed by atoms with E-state index in [1.54, 1.807) is 18.5 Å². The Kier molecular flexibility index (Phi) is 4.98. The summed E-state index contributed by atoms with van der Waals surface area (Å²) in [6.45, 7) is 2.75. The highest BCUT2D eigenvalue weighted by atomic mass is 32.2. The topological polar surface area (TPSA) is 65.1 Å². The summed E-state index contributed by atoms with van der Waals surface area (Å²) in [7, 11) is 0. The number of pyridine rings is 1. The van der Waals surface area contributed by atoms with Crippen molar-refractivity contribution in [1.29, 1.82) is 0 Å². The van der Waals surface area contributed by atoms with Gasteiger partial charge in [0.05, 0.1) is 5.69 Å². The molecule has 0 spiro atoms. The minimum Gasteiger partial charge on any atom is -0.367 e. The number of aromatic nitrogens is 3. The Balaban J connectivity index is 1.73. The number of nitrogens with one attached hydrogen (secondary N) is 1. The van der Waals surface area contributed by atoms with E-state index in [9.17, 15) is 13.6 Å². The highest BCUT2D eigenvalue weighted by molar-refractivity contribution is 7.98. The van der Waals surface area contributed by atoms with Crippen molar-refractivity contribution >= 4 is 23.3 Å². The van der Waals surface area contributed by atoms with Gasteiger partial charge in [-0.15, -0.1) is 0 Å². The number of thioether (sulfide) groups is 1. The summed E-state index contributed by atoms with van der Waals surface area (Å²) in [5, 5.41) is 0.353. The smallest absolute Gasteiger partial charge is 0.280 e. The lowest BCUT2D eigenvalue weighted by Crippen LogP contribution is -2.47. The number of alkyl halides is 2. The zero-order valence-corrected chi connectivity index (χ0v) is 13.9. The van der Waals surface area contributed by atoms with E-state index in [1.807, 2.05) is 4.90 Å². The van der Waals surface area contributed by atoms with Gasteiger partial charge in [-0.3, -0.25) is 4.79 Å². The van der Waals surface area contributed by atoms with Crippen LogP contribution in [0.2, 0.25) is 0 Å². The van der Waals surface area contributed by atoms with Gasteiger partial charge < -0.3 is 14.8 Å². The van der Waals surface area contributed by atoms with E-state index in [-0.39, 0.29) is 11.3 Å². The monoisotopic (exact) mass is 353 g/mol. The molecule has 0 atom stereocenters. The van der Waals surface area contributed by atoms with Gasteiger partial charge in [0.25, 0.3) is 6.43 Å². The first kappa shape index (κ1) is 16.7. The second-order valence-corrected chi connectivity index (χ2v) is 6.10. The molecule has 2 aromatic heterocycles. The third kappa shape index (κ3) is 3.66. The molecule has 1 aliphatic heterocycles. The van der Waals surface area contributed by atoms with Crippen LogP contribution in [0, 0.1) is 0 Å². The van der Waals surface area contributed by atoms with Crippen LogP contribution in [0.1, 0.15) is 12.1 Å². The summed E-state index contributed by atoms with van der Waals surface area (Å²) in [6, 6.07) is 4.63. The Labute approximate surface area is 141 Å². The molecule has 0 saturated carbocycles. The number of nitrogens with zero attached hydrogens (tertiary/aromatic N) is 4. The van der Waals surface area contributed by atoms with Crippen LogP contribution in [0.15, 0.2) is 34.3 Å². The van der Waals surface area contributed by atoms with Crippen LogP contribution in [0.4, 0.5) is 20.3 Å². The van der Waals surface area contributed by atoms with Gasteiger partial charge in [-0.25, -0.2) is 18.7 Å².